The second-order valence-corrected chi connectivity index (χ2v) is 5.02. The molecule has 1 aliphatic heterocycles. The minimum atomic E-state index is 0.248. The van der Waals surface area contributed by atoms with Crippen molar-refractivity contribution in [2.75, 3.05) is 0 Å². The SMILES string of the molecule is c1ccc(B2c3ccccc3Oc3ccccc32)cc1. The molecule has 0 saturated heterocycles. The van der Waals surface area contributed by atoms with Crippen LogP contribution < -0.4 is 21.1 Å². The summed E-state index contributed by atoms with van der Waals surface area (Å²) in [5, 5.41) is 0. The van der Waals surface area contributed by atoms with Crippen molar-refractivity contribution in [2.24, 2.45) is 0 Å². The summed E-state index contributed by atoms with van der Waals surface area (Å²) in [6.07, 6.45) is 0. The van der Waals surface area contributed by atoms with E-state index in [-0.39, 0.29) is 6.71 Å². The maximum atomic E-state index is 6.03. The molecule has 3 aromatic carbocycles. The number of rotatable bonds is 1. The van der Waals surface area contributed by atoms with Crippen LogP contribution in [0.25, 0.3) is 0 Å². The lowest BCUT2D eigenvalue weighted by atomic mass is 9.36. The Hall–Kier alpha value is -2.48. The van der Waals surface area contributed by atoms with E-state index in [1.165, 1.54) is 16.4 Å². The molecular formula is C18H13BO. The Morgan fingerprint density at radius 1 is 0.550 bits per heavy atom. The summed E-state index contributed by atoms with van der Waals surface area (Å²) in [6, 6.07) is 27.2. The highest BCUT2D eigenvalue weighted by atomic mass is 16.5. The molecule has 0 amide bonds. The maximum absolute atomic E-state index is 6.03. The number of fused-ring (bicyclic) bond motifs is 2. The average Bonchev–Trinajstić information content (AvgIpc) is 2.53. The van der Waals surface area contributed by atoms with Gasteiger partial charge in [0.1, 0.15) is 11.5 Å². The third-order valence-electron chi connectivity index (χ3n) is 3.81. The molecule has 0 aromatic heterocycles. The van der Waals surface area contributed by atoms with Gasteiger partial charge in [-0.25, -0.2) is 0 Å². The number of hydrogen-bond donors (Lipinski definition) is 0. The van der Waals surface area contributed by atoms with E-state index in [2.05, 4.69) is 54.6 Å². The van der Waals surface area contributed by atoms with Gasteiger partial charge in [0, 0.05) is 0 Å². The van der Waals surface area contributed by atoms with Crippen LogP contribution in [0.1, 0.15) is 0 Å². The monoisotopic (exact) mass is 256 g/mol. The summed E-state index contributed by atoms with van der Waals surface area (Å²) in [7, 11) is 0. The third kappa shape index (κ3) is 1.73. The van der Waals surface area contributed by atoms with E-state index in [0.717, 1.165) is 11.5 Å². The molecule has 1 heterocycles. The van der Waals surface area contributed by atoms with Crippen LogP contribution in [0, 0.1) is 0 Å². The molecule has 2 heteroatoms. The molecule has 3 aromatic rings. The zero-order valence-electron chi connectivity index (χ0n) is 11.0. The van der Waals surface area contributed by atoms with Gasteiger partial charge in [0.05, 0.1) is 0 Å². The minimum absolute atomic E-state index is 0.248. The van der Waals surface area contributed by atoms with Crippen molar-refractivity contribution in [2.45, 2.75) is 0 Å². The normalized spacial score (nSPS) is 12.3. The van der Waals surface area contributed by atoms with Crippen molar-refractivity contribution in [3.8, 4) is 11.5 Å². The molecule has 1 nitrogen and oxygen atoms in total. The van der Waals surface area contributed by atoms with Crippen LogP contribution >= 0.6 is 0 Å². The zero-order valence-corrected chi connectivity index (χ0v) is 11.0. The Morgan fingerprint density at radius 2 is 1.05 bits per heavy atom. The van der Waals surface area contributed by atoms with E-state index < -0.39 is 0 Å². The van der Waals surface area contributed by atoms with E-state index in [0.29, 0.717) is 0 Å². The van der Waals surface area contributed by atoms with Gasteiger partial charge in [0.2, 0.25) is 0 Å². The fourth-order valence-corrected chi connectivity index (χ4v) is 2.91. The first kappa shape index (κ1) is 11.4. The Bertz CT molecular complexity index is 707. The summed E-state index contributed by atoms with van der Waals surface area (Å²) < 4.78 is 6.03. The summed E-state index contributed by atoms with van der Waals surface area (Å²) in [5.74, 6) is 1.92. The highest BCUT2D eigenvalue weighted by molar-refractivity contribution is 6.96. The first-order valence-electron chi connectivity index (χ1n) is 6.84. The van der Waals surface area contributed by atoms with Crippen LogP contribution in [0.2, 0.25) is 0 Å². The number of benzene rings is 3. The summed E-state index contributed by atoms with van der Waals surface area (Å²) >= 11 is 0. The van der Waals surface area contributed by atoms with Gasteiger partial charge in [0.25, 0.3) is 6.71 Å². The first-order chi connectivity index (χ1) is 9.93. The Morgan fingerprint density at radius 3 is 1.65 bits per heavy atom. The fraction of sp³-hybridized carbons (Fsp3) is 0. The van der Waals surface area contributed by atoms with E-state index in [1.807, 2.05) is 24.3 Å². The molecule has 0 aliphatic carbocycles. The second-order valence-electron chi connectivity index (χ2n) is 5.02. The van der Waals surface area contributed by atoms with Crippen molar-refractivity contribution in [1.29, 1.82) is 0 Å². The summed E-state index contributed by atoms with van der Waals surface area (Å²) in [4.78, 5) is 0. The summed E-state index contributed by atoms with van der Waals surface area (Å²) in [6.45, 7) is 0.248. The van der Waals surface area contributed by atoms with Gasteiger partial charge in [-0.3, -0.25) is 0 Å². The van der Waals surface area contributed by atoms with Gasteiger partial charge < -0.3 is 4.74 Å². The second kappa shape index (κ2) is 4.57. The Balaban J connectivity index is 1.98. The molecule has 0 spiro atoms. The van der Waals surface area contributed by atoms with Gasteiger partial charge in [0.15, 0.2) is 0 Å². The largest absolute Gasteiger partial charge is 0.458 e. The van der Waals surface area contributed by atoms with Crippen LogP contribution in [-0.2, 0) is 0 Å². The molecule has 0 radical (unpaired) electrons. The van der Waals surface area contributed by atoms with Gasteiger partial charge in [-0.15, -0.1) is 0 Å². The van der Waals surface area contributed by atoms with Gasteiger partial charge in [-0.2, -0.15) is 0 Å². The van der Waals surface area contributed by atoms with Crippen LogP contribution in [0.5, 0.6) is 11.5 Å². The standard InChI is InChI=1S/C18H13BO/c1-2-8-14(9-3-1)19-15-10-4-6-12-17(15)20-18-13-7-5-11-16(18)19/h1-13H. The fourth-order valence-electron chi connectivity index (χ4n) is 2.91. The zero-order chi connectivity index (χ0) is 13.4. The molecule has 0 saturated carbocycles. The molecule has 1 aliphatic rings. The smallest absolute Gasteiger partial charge is 0.250 e. The lowest BCUT2D eigenvalue weighted by Gasteiger charge is -2.26. The van der Waals surface area contributed by atoms with E-state index in [1.54, 1.807) is 0 Å². The highest BCUT2D eigenvalue weighted by Gasteiger charge is 2.31. The lowest BCUT2D eigenvalue weighted by Crippen LogP contribution is -2.54. The molecule has 0 bridgehead atoms. The van der Waals surface area contributed by atoms with Crippen molar-refractivity contribution in [1.82, 2.24) is 0 Å². The van der Waals surface area contributed by atoms with E-state index >= 15 is 0 Å². The molecule has 0 N–H and O–H groups in total. The number of ether oxygens (including phenoxy) is 1. The van der Waals surface area contributed by atoms with Gasteiger partial charge in [-0.1, -0.05) is 72.2 Å². The number of para-hydroxylation sites is 2. The Kier molecular flexibility index (Phi) is 2.60. The summed E-state index contributed by atoms with van der Waals surface area (Å²) in [5.41, 5.74) is 3.77. The average molecular weight is 256 g/mol. The first-order valence-corrected chi connectivity index (χ1v) is 6.84. The predicted octanol–water partition coefficient (Wildman–Crippen LogP) is 2.31. The van der Waals surface area contributed by atoms with E-state index in [9.17, 15) is 0 Å². The molecule has 94 valence electrons. The van der Waals surface area contributed by atoms with Crippen molar-refractivity contribution < 1.29 is 4.74 Å². The van der Waals surface area contributed by atoms with Crippen LogP contribution in [-0.4, -0.2) is 6.71 Å². The predicted molar refractivity (Wildman–Crippen MR) is 84.1 cm³/mol. The highest BCUT2D eigenvalue weighted by Crippen LogP contribution is 2.23. The minimum Gasteiger partial charge on any atom is -0.458 e. The molecular weight excluding hydrogens is 243 g/mol. The molecule has 0 fully saturated rings. The van der Waals surface area contributed by atoms with Gasteiger partial charge >= 0.3 is 0 Å². The van der Waals surface area contributed by atoms with Crippen molar-refractivity contribution in [3.05, 3.63) is 78.9 Å². The maximum Gasteiger partial charge on any atom is 0.250 e. The van der Waals surface area contributed by atoms with Crippen LogP contribution in [0.3, 0.4) is 0 Å². The van der Waals surface area contributed by atoms with Crippen LogP contribution in [0.15, 0.2) is 78.9 Å². The van der Waals surface area contributed by atoms with Crippen molar-refractivity contribution >= 4 is 23.1 Å². The molecule has 20 heavy (non-hydrogen) atoms. The number of hydrogen-bond acceptors (Lipinski definition) is 1. The topological polar surface area (TPSA) is 9.23 Å². The quantitative estimate of drug-likeness (QED) is 0.475. The van der Waals surface area contributed by atoms with Crippen LogP contribution in [0.4, 0.5) is 0 Å². The van der Waals surface area contributed by atoms with E-state index in [4.69, 9.17) is 4.74 Å². The van der Waals surface area contributed by atoms with Gasteiger partial charge in [-0.05, 0) is 23.1 Å². The molecule has 0 unspecified atom stereocenters. The third-order valence-corrected chi connectivity index (χ3v) is 3.81. The lowest BCUT2D eigenvalue weighted by molar-refractivity contribution is 0.487. The molecule has 4 rings (SSSR count). The molecule has 0 atom stereocenters. The van der Waals surface area contributed by atoms with Crippen molar-refractivity contribution in [3.63, 3.8) is 0 Å². The Labute approximate surface area is 118 Å².